The van der Waals surface area contributed by atoms with Crippen molar-refractivity contribution in [2.75, 3.05) is 52.8 Å². The number of ether oxygens (including phenoxy) is 4. The largest absolute Gasteiger partial charge is 0.493 e. The first-order valence-corrected chi connectivity index (χ1v) is 16.9. The number of carbonyl (C=O) groups is 2. The summed E-state index contributed by atoms with van der Waals surface area (Å²) in [7, 11) is -0.343. The molecule has 0 saturated carbocycles. The molecule has 2 amide bonds. The van der Waals surface area contributed by atoms with E-state index in [1.54, 1.807) is 75.1 Å². The van der Waals surface area contributed by atoms with Gasteiger partial charge < -0.3 is 28.7 Å². The maximum Gasteiger partial charge on any atom is 0.410 e. The Hall–Kier alpha value is -3.31. The highest BCUT2D eigenvalue weighted by Gasteiger charge is 2.41. The van der Waals surface area contributed by atoms with Crippen molar-refractivity contribution in [1.82, 2.24) is 9.80 Å². The molecular weight excluding hydrogens is 584 g/mol. The van der Waals surface area contributed by atoms with Gasteiger partial charge >= 0.3 is 6.09 Å². The van der Waals surface area contributed by atoms with Crippen molar-refractivity contribution in [3.05, 3.63) is 59.7 Å². The zero-order chi connectivity index (χ0) is 32.5. The molecule has 0 bridgehead atoms. The van der Waals surface area contributed by atoms with Crippen molar-refractivity contribution in [3.8, 4) is 11.5 Å². The van der Waals surface area contributed by atoms with Crippen LogP contribution in [0.2, 0.25) is 0 Å². The number of benzene rings is 2. The summed E-state index contributed by atoms with van der Waals surface area (Å²) in [5.41, 5.74) is 0.447. The van der Waals surface area contributed by atoms with Crippen LogP contribution in [0.25, 0.3) is 0 Å². The minimum Gasteiger partial charge on any atom is -0.493 e. The maximum atomic E-state index is 13.9. The van der Waals surface area contributed by atoms with Crippen LogP contribution < -0.4 is 9.47 Å². The van der Waals surface area contributed by atoms with Crippen LogP contribution in [0, 0.1) is 11.8 Å². The highest BCUT2D eigenvalue weighted by atomic mass is 32.2. The van der Waals surface area contributed by atoms with Gasteiger partial charge in [-0.3, -0.25) is 4.79 Å². The average Bonchev–Trinajstić information content (AvgIpc) is 3.34. The number of amides is 2. The quantitative estimate of drug-likeness (QED) is 0.266. The number of likely N-dealkylation sites (tertiary alicyclic amines) is 1. The Balaban J connectivity index is 1.85. The highest BCUT2D eigenvalue weighted by Crippen LogP contribution is 2.32. The summed E-state index contributed by atoms with van der Waals surface area (Å²) in [6.07, 6.45) is 0.193. The Kier molecular flexibility index (Phi) is 12.5. The zero-order valence-corrected chi connectivity index (χ0v) is 27.9. The Morgan fingerprint density at radius 3 is 2.27 bits per heavy atom. The summed E-state index contributed by atoms with van der Waals surface area (Å²) in [4.78, 5) is 30.3. The number of carbonyl (C=O) groups excluding carboxylic acids is 2. The molecule has 10 nitrogen and oxygen atoms in total. The summed E-state index contributed by atoms with van der Waals surface area (Å²) in [6, 6.07) is 13.9. The molecule has 1 aliphatic heterocycles. The average molecular weight is 633 g/mol. The van der Waals surface area contributed by atoms with E-state index in [4.69, 9.17) is 18.9 Å². The molecular formula is C33H48N2O8S. The van der Waals surface area contributed by atoms with Crippen molar-refractivity contribution in [2.24, 2.45) is 11.8 Å². The lowest BCUT2D eigenvalue weighted by Crippen LogP contribution is -2.43. The lowest BCUT2D eigenvalue weighted by molar-refractivity contribution is 0.0282. The van der Waals surface area contributed by atoms with Crippen LogP contribution in [0.5, 0.6) is 11.5 Å². The van der Waals surface area contributed by atoms with E-state index >= 15 is 0 Å². The van der Waals surface area contributed by atoms with E-state index in [0.717, 1.165) is 0 Å². The van der Waals surface area contributed by atoms with Crippen LogP contribution in [0.4, 0.5) is 4.79 Å². The van der Waals surface area contributed by atoms with Crippen molar-refractivity contribution in [3.63, 3.8) is 0 Å². The first kappa shape index (κ1) is 35.2. The first-order valence-electron chi connectivity index (χ1n) is 15.1. The fourth-order valence-electron chi connectivity index (χ4n) is 5.28. The second-order valence-electron chi connectivity index (χ2n) is 12.6. The summed E-state index contributed by atoms with van der Waals surface area (Å²) < 4.78 is 48.8. The summed E-state index contributed by atoms with van der Waals surface area (Å²) in [5.74, 6) is -0.0830. The van der Waals surface area contributed by atoms with E-state index in [9.17, 15) is 18.0 Å². The third-order valence-corrected chi connectivity index (χ3v) is 9.11. The van der Waals surface area contributed by atoms with Gasteiger partial charge in [-0.1, -0.05) is 30.3 Å². The monoisotopic (exact) mass is 632 g/mol. The van der Waals surface area contributed by atoms with Crippen LogP contribution in [0.3, 0.4) is 0 Å². The predicted molar refractivity (Wildman–Crippen MR) is 170 cm³/mol. The third-order valence-electron chi connectivity index (χ3n) is 7.40. The molecule has 1 heterocycles. The molecule has 0 radical (unpaired) electrons. The van der Waals surface area contributed by atoms with Gasteiger partial charge in [0, 0.05) is 51.4 Å². The molecule has 244 valence electrons. The summed E-state index contributed by atoms with van der Waals surface area (Å²) in [5, 5.41) is 0. The van der Waals surface area contributed by atoms with E-state index in [0.29, 0.717) is 42.3 Å². The molecule has 2 aromatic rings. The summed E-state index contributed by atoms with van der Waals surface area (Å²) >= 11 is 0. The molecule has 2 aromatic carbocycles. The third kappa shape index (κ3) is 10.4. The predicted octanol–water partition coefficient (Wildman–Crippen LogP) is 5.06. The van der Waals surface area contributed by atoms with Gasteiger partial charge in [-0.05, 0) is 70.2 Å². The van der Waals surface area contributed by atoms with Crippen molar-refractivity contribution in [1.29, 1.82) is 0 Å². The van der Waals surface area contributed by atoms with Crippen LogP contribution in [-0.4, -0.2) is 94.7 Å². The molecule has 1 saturated heterocycles. The van der Waals surface area contributed by atoms with Crippen molar-refractivity contribution < 1.29 is 37.0 Å². The van der Waals surface area contributed by atoms with Gasteiger partial charge in [0.25, 0.3) is 5.91 Å². The molecule has 0 N–H and O–H groups in total. The minimum absolute atomic E-state index is 0.0880. The van der Waals surface area contributed by atoms with Gasteiger partial charge in [0.1, 0.15) is 5.60 Å². The Morgan fingerprint density at radius 1 is 0.977 bits per heavy atom. The van der Waals surface area contributed by atoms with Gasteiger partial charge in [0.05, 0.1) is 25.2 Å². The van der Waals surface area contributed by atoms with Gasteiger partial charge in [-0.2, -0.15) is 0 Å². The lowest BCUT2D eigenvalue weighted by atomic mass is 9.96. The number of rotatable bonds is 14. The van der Waals surface area contributed by atoms with Crippen LogP contribution >= 0.6 is 0 Å². The number of nitrogens with zero attached hydrogens (tertiary/aromatic N) is 2. The van der Waals surface area contributed by atoms with Crippen molar-refractivity contribution >= 4 is 21.8 Å². The fraction of sp³-hybridized carbons (Fsp3) is 0.576. The van der Waals surface area contributed by atoms with Crippen molar-refractivity contribution in [2.45, 2.75) is 58.4 Å². The molecule has 3 rings (SSSR count). The molecule has 11 heteroatoms. The standard InChI is InChI=1S/C33H48N2O8S/c1-24(2)35(31(36)26-14-15-29(41-7)30(18-26)42-17-11-16-40-6)21-27-19-34(32(37)43-33(3,4)5)20-28(27)23-44(38,39)22-25-12-9-8-10-13-25/h8-10,12-15,18,24,27-28H,11,16-17,19-23H2,1-7H3/t27-,28-/m0/s1. The van der Waals surface area contributed by atoms with E-state index < -0.39 is 21.5 Å². The topological polar surface area (TPSA) is 112 Å². The normalized spacial score (nSPS) is 17.0. The van der Waals surface area contributed by atoms with E-state index in [2.05, 4.69) is 0 Å². The summed E-state index contributed by atoms with van der Waals surface area (Å²) in [6.45, 7) is 11.0. The molecule has 1 aliphatic rings. The first-order chi connectivity index (χ1) is 20.7. The zero-order valence-electron chi connectivity index (χ0n) is 27.1. The fourth-order valence-corrected chi connectivity index (χ4v) is 7.13. The smallest absolute Gasteiger partial charge is 0.410 e. The molecule has 0 aromatic heterocycles. The highest BCUT2D eigenvalue weighted by molar-refractivity contribution is 7.90. The minimum atomic E-state index is -3.51. The van der Waals surface area contributed by atoms with Crippen LogP contribution in [0.15, 0.2) is 48.5 Å². The molecule has 2 atom stereocenters. The van der Waals surface area contributed by atoms with Gasteiger partial charge in [0.15, 0.2) is 21.3 Å². The number of hydrogen-bond donors (Lipinski definition) is 0. The molecule has 0 unspecified atom stereocenters. The second-order valence-corrected chi connectivity index (χ2v) is 14.7. The Morgan fingerprint density at radius 2 is 1.66 bits per heavy atom. The van der Waals surface area contributed by atoms with Crippen LogP contribution in [0.1, 0.15) is 57.0 Å². The van der Waals surface area contributed by atoms with E-state index in [1.807, 2.05) is 32.0 Å². The molecule has 44 heavy (non-hydrogen) atoms. The number of sulfone groups is 1. The van der Waals surface area contributed by atoms with Gasteiger partial charge in [-0.15, -0.1) is 0 Å². The van der Waals surface area contributed by atoms with E-state index in [-0.39, 0.29) is 54.9 Å². The van der Waals surface area contributed by atoms with Crippen LogP contribution in [-0.2, 0) is 25.1 Å². The number of methoxy groups -OCH3 is 2. The van der Waals surface area contributed by atoms with Gasteiger partial charge in [-0.25, -0.2) is 13.2 Å². The van der Waals surface area contributed by atoms with Gasteiger partial charge in [0.2, 0.25) is 0 Å². The molecule has 1 fully saturated rings. The molecule has 0 aliphatic carbocycles. The molecule has 0 spiro atoms. The Bertz CT molecular complexity index is 1340. The maximum absolute atomic E-state index is 13.9. The second kappa shape index (κ2) is 15.6. The SMILES string of the molecule is COCCCOc1cc(C(=O)N(C[C@@H]2CN(C(=O)OC(C)(C)C)C[C@H]2CS(=O)(=O)Cc2ccccc2)C(C)C)ccc1OC. The number of hydrogen-bond acceptors (Lipinski definition) is 8. The lowest BCUT2D eigenvalue weighted by Gasteiger charge is -2.31. The Labute approximate surface area is 262 Å². The van der Waals surface area contributed by atoms with E-state index in [1.165, 1.54) is 0 Å².